The van der Waals surface area contributed by atoms with Crippen molar-refractivity contribution in [2.75, 3.05) is 25.1 Å². The average Bonchev–Trinajstić information content (AvgIpc) is 2.34. The third kappa shape index (κ3) is 2.40. The minimum absolute atomic E-state index is 0.735. The molecule has 0 aromatic rings. The highest BCUT2D eigenvalue weighted by Gasteiger charge is 2.29. The average molecular weight is 187 g/mol. The molecular formula is C10H21NS. The second-order valence-electron chi connectivity index (χ2n) is 4.24. The van der Waals surface area contributed by atoms with Gasteiger partial charge in [-0.1, -0.05) is 6.92 Å². The van der Waals surface area contributed by atoms with Crippen LogP contribution in [0.1, 0.15) is 20.8 Å². The Balaban J connectivity index is 2.39. The molecule has 1 rings (SSSR count). The second-order valence-corrected chi connectivity index (χ2v) is 5.15. The summed E-state index contributed by atoms with van der Waals surface area (Å²) in [6.07, 6.45) is 2.21. The van der Waals surface area contributed by atoms with Crippen molar-refractivity contribution in [2.45, 2.75) is 26.8 Å². The lowest BCUT2D eigenvalue weighted by Gasteiger charge is -2.19. The van der Waals surface area contributed by atoms with Gasteiger partial charge in [0, 0.05) is 19.1 Å². The highest BCUT2D eigenvalue weighted by atomic mass is 32.2. The number of likely N-dealkylation sites (tertiary alicyclic amines) is 1. The van der Waals surface area contributed by atoms with Gasteiger partial charge < -0.3 is 4.90 Å². The van der Waals surface area contributed by atoms with Crippen LogP contribution < -0.4 is 0 Å². The lowest BCUT2D eigenvalue weighted by molar-refractivity contribution is 0.264. The molecule has 12 heavy (non-hydrogen) atoms. The molecule has 1 fully saturated rings. The molecule has 72 valence electrons. The van der Waals surface area contributed by atoms with Crippen LogP contribution in [0, 0.1) is 11.8 Å². The molecule has 0 bridgehead atoms. The number of nitrogens with zero attached hydrogens (tertiary/aromatic N) is 1. The Labute approximate surface area is 80.9 Å². The summed E-state index contributed by atoms with van der Waals surface area (Å²) in [5.41, 5.74) is 0. The second kappa shape index (κ2) is 4.52. The SMILES string of the molecule is CSCC1CN(C(C)C)CC1C. The van der Waals surface area contributed by atoms with E-state index in [1.807, 2.05) is 11.8 Å². The summed E-state index contributed by atoms with van der Waals surface area (Å²) in [4.78, 5) is 2.60. The van der Waals surface area contributed by atoms with Crippen molar-refractivity contribution < 1.29 is 0 Å². The molecule has 2 atom stereocenters. The van der Waals surface area contributed by atoms with Gasteiger partial charge in [-0.05, 0) is 37.7 Å². The molecule has 1 nitrogen and oxygen atoms in total. The van der Waals surface area contributed by atoms with Crippen molar-refractivity contribution in [1.29, 1.82) is 0 Å². The maximum absolute atomic E-state index is 2.60. The molecule has 0 N–H and O–H groups in total. The van der Waals surface area contributed by atoms with Gasteiger partial charge in [0.2, 0.25) is 0 Å². The van der Waals surface area contributed by atoms with Gasteiger partial charge in [0.1, 0.15) is 0 Å². The van der Waals surface area contributed by atoms with E-state index in [0.29, 0.717) is 0 Å². The third-order valence-electron chi connectivity index (χ3n) is 2.91. The number of hydrogen-bond acceptors (Lipinski definition) is 2. The quantitative estimate of drug-likeness (QED) is 0.667. The number of rotatable bonds is 3. The van der Waals surface area contributed by atoms with Gasteiger partial charge in [0.05, 0.1) is 0 Å². The zero-order valence-electron chi connectivity index (χ0n) is 8.71. The van der Waals surface area contributed by atoms with Crippen molar-refractivity contribution in [3.63, 3.8) is 0 Å². The molecular weight excluding hydrogens is 166 g/mol. The van der Waals surface area contributed by atoms with E-state index >= 15 is 0 Å². The molecule has 0 aromatic carbocycles. The highest BCUT2D eigenvalue weighted by Crippen LogP contribution is 2.26. The third-order valence-corrected chi connectivity index (χ3v) is 3.67. The van der Waals surface area contributed by atoms with Gasteiger partial charge in [0.25, 0.3) is 0 Å². The van der Waals surface area contributed by atoms with Crippen LogP contribution >= 0.6 is 11.8 Å². The summed E-state index contributed by atoms with van der Waals surface area (Å²) < 4.78 is 0. The van der Waals surface area contributed by atoms with E-state index in [9.17, 15) is 0 Å². The Hall–Kier alpha value is 0.310. The predicted molar refractivity (Wildman–Crippen MR) is 57.7 cm³/mol. The first-order valence-corrected chi connectivity index (χ1v) is 6.27. The lowest BCUT2D eigenvalue weighted by atomic mass is 10.0. The molecule has 0 aromatic heterocycles. The predicted octanol–water partition coefficient (Wildman–Crippen LogP) is 2.33. The van der Waals surface area contributed by atoms with Crippen LogP contribution in [0.5, 0.6) is 0 Å². The summed E-state index contributed by atoms with van der Waals surface area (Å²) in [7, 11) is 0. The van der Waals surface area contributed by atoms with Crippen molar-refractivity contribution in [2.24, 2.45) is 11.8 Å². The number of hydrogen-bond donors (Lipinski definition) is 0. The van der Waals surface area contributed by atoms with Gasteiger partial charge in [0.15, 0.2) is 0 Å². The molecule has 1 heterocycles. The van der Waals surface area contributed by atoms with Crippen LogP contribution in [-0.2, 0) is 0 Å². The minimum Gasteiger partial charge on any atom is -0.300 e. The van der Waals surface area contributed by atoms with E-state index in [4.69, 9.17) is 0 Å². The zero-order chi connectivity index (χ0) is 9.14. The van der Waals surface area contributed by atoms with Gasteiger partial charge in [-0.2, -0.15) is 11.8 Å². The zero-order valence-corrected chi connectivity index (χ0v) is 9.53. The van der Waals surface area contributed by atoms with E-state index in [0.717, 1.165) is 17.9 Å². The van der Waals surface area contributed by atoms with Gasteiger partial charge in [-0.15, -0.1) is 0 Å². The molecule has 1 saturated heterocycles. The van der Waals surface area contributed by atoms with Crippen molar-refractivity contribution in [3.05, 3.63) is 0 Å². The molecule has 0 aliphatic carbocycles. The van der Waals surface area contributed by atoms with E-state index in [1.165, 1.54) is 18.8 Å². The molecule has 0 amide bonds. The lowest BCUT2D eigenvalue weighted by Crippen LogP contribution is -2.28. The highest BCUT2D eigenvalue weighted by molar-refractivity contribution is 7.98. The smallest absolute Gasteiger partial charge is 0.00388 e. The van der Waals surface area contributed by atoms with Crippen molar-refractivity contribution >= 4 is 11.8 Å². The van der Waals surface area contributed by atoms with Crippen LogP contribution in [0.3, 0.4) is 0 Å². The fraction of sp³-hybridized carbons (Fsp3) is 1.00. The Morgan fingerprint density at radius 3 is 2.50 bits per heavy atom. The fourth-order valence-corrected chi connectivity index (χ4v) is 2.79. The van der Waals surface area contributed by atoms with E-state index in [1.54, 1.807) is 0 Å². The number of thioether (sulfide) groups is 1. The topological polar surface area (TPSA) is 3.24 Å². The molecule has 0 spiro atoms. The van der Waals surface area contributed by atoms with Crippen LogP contribution in [0.25, 0.3) is 0 Å². The minimum atomic E-state index is 0.735. The molecule has 2 heteroatoms. The first-order chi connectivity index (χ1) is 5.65. The molecule has 2 unspecified atom stereocenters. The van der Waals surface area contributed by atoms with E-state index < -0.39 is 0 Å². The Morgan fingerprint density at radius 2 is 2.08 bits per heavy atom. The Kier molecular flexibility index (Phi) is 3.91. The fourth-order valence-electron chi connectivity index (χ4n) is 1.93. The molecule has 0 saturated carbocycles. The van der Waals surface area contributed by atoms with Crippen molar-refractivity contribution in [3.8, 4) is 0 Å². The largest absolute Gasteiger partial charge is 0.300 e. The summed E-state index contributed by atoms with van der Waals surface area (Å²) in [6.45, 7) is 9.62. The van der Waals surface area contributed by atoms with Gasteiger partial charge >= 0.3 is 0 Å². The summed E-state index contributed by atoms with van der Waals surface area (Å²) in [5.74, 6) is 3.17. The van der Waals surface area contributed by atoms with Crippen LogP contribution in [0.15, 0.2) is 0 Å². The standard InChI is InChI=1S/C10H21NS/c1-8(2)11-5-9(3)10(6-11)7-12-4/h8-10H,5-7H2,1-4H3. The molecule has 0 radical (unpaired) electrons. The maximum Gasteiger partial charge on any atom is 0.00388 e. The Bertz CT molecular complexity index is 136. The molecule has 1 aliphatic rings. The van der Waals surface area contributed by atoms with Crippen LogP contribution in [0.4, 0.5) is 0 Å². The van der Waals surface area contributed by atoms with E-state index in [2.05, 4.69) is 31.9 Å². The normalized spacial score (nSPS) is 31.8. The van der Waals surface area contributed by atoms with Crippen LogP contribution in [0.2, 0.25) is 0 Å². The van der Waals surface area contributed by atoms with Gasteiger partial charge in [-0.25, -0.2) is 0 Å². The summed E-state index contributed by atoms with van der Waals surface area (Å²) >= 11 is 1.99. The maximum atomic E-state index is 2.60. The van der Waals surface area contributed by atoms with Gasteiger partial charge in [-0.3, -0.25) is 0 Å². The van der Waals surface area contributed by atoms with Crippen molar-refractivity contribution in [1.82, 2.24) is 4.90 Å². The Morgan fingerprint density at radius 1 is 1.42 bits per heavy atom. The summed E-state index contributed by atoms with van der Waals surface area (Å²) in [5, 5.41) is 0. The first kappa shape index (κ1) is 10.4. The molecule has 1 aliphatic heterocycles. The first-order valence-electron chi connectivity index (χ1n) is 4.88. The van der Waals surface area contributed by atoms with E-state index in [-0.39, 0.29) is 0 Å². The monoisotopic (exact) mass is 187 g/mol. The summed E-state index contributed by atoms with van der Waals surface area (Å²) in [6, 6.07) is 0.735. The van der Waals surface area contributed by atoms with Crippen LogP contribution in [-0.4, -0.2) is 36.0 Å².